The van der Waals surface area contributed by atoms with E-state index in [1.54, 1.807) is 14.2 Å². The van der Waals surface area contributed by atoms with Gasteiger partial charge in [-0.3, -0.25) is 0 Å². The Hall–Kier alpha value is -3.91. The van der Waals surface area contributed by atoms with Crippen LogP contribution in [0.15, 0.2) is 91.0 Å². The van der Waals surface area contributed by atoms with E-state index < -0.39 is 6.10 Å². The van der Waals surface area contributed by atoms with Crippen LogP contribution in [0.4, 0.5) is 15.8 Å². The highest BCUT2D eigenvalue weighted by atomic mass is 19.1. The standard InChI is InChI=1S/C22H28FNO3.C18H22N2/c1-26-20-5-3-4-19(22(20)27-2)21(25)17-11-14-24(15-12-17)13-10-16-6-8-18(23)9-7-16;1-19-13-6-14-20-17-9-4-2-7-15(17)11-12-16-8-3-5-10-18(16)20/h3-9,17,21,25H,10-15H2,1-2H3;2-5,7-10,19H,6,11-14H2,1H3/t21-;/m1./s1. The number of aryl methyl sites for hydroxylation is 2. The molecule has 1 fully saturated rings. The molecule has 0 bridgehead atoms. The number of halogens is 1. The number of nitrogens with zero attached hydrogens (tertiary/aromatic N) is 2. The lowest BCUT2D eigenvalue weighted by Crippen LogP contribution is -2.36. The molecule has 0 spiro atoms. The lowest BCUT2D eigenvalue weighted by molar-refractivity contribution is 0.0573. The number of anilines is 2. The fourth-order valence-corrected chi connectivity index (χ4v) is 6.85. The lowest BCUT2D eigenvalue weighted by Gasteiger charge is -2.34. The number of rotatable bonds is 11. The summed E-state index contributed by atoms with van der Waals surface area (Å²) in [6, 6.07) is 30.0. The Morgan fingerprint density at radius 3 is 2.04 bits per heavy atom. The Balaban J connectivity index is 0.000000193. The molecule has 4 aromatic carbocycles. The number of aliphatic hydroxyl groups excluding tert-OH is 1. The molecule has 0 aromatic heterocycles. The van der Waals surface area contributed by atoms with Gasteiger partial charge in [0, 0.05) is 30.0 Å². The number of benzene rings is 4. The van der Waals surface area contributed by atoms with Gasteiger partial charge in [0.25, 0.3) is 0 Å². The molecule has 0 radical (unpaired) electrons. The van der Waals surface area contributed by atoms with Crippen LogP contribution in [0.3, 0.4) is 0 Å². The topological polar surface area (TPSA) is 57.2 Å². The number of methoxy groups -OCH3 is 2. The number of nitrogens with one attached hydrogen (secondary N) is 1. The molecule has 6 rings (SSSR count). The number of piperidine rings is 1. The van der Waals surface area contributed by atoms with Gasteiger partial charge in [0.15, 0.2) is 11.5 Å². The number of ether oxygens (including phenoxy) is 2. The van der Waals surface area contributed by atoms with Crippen molar-refractivity contribution in [2.75, 3.05) is 58.9 Å². The molecular weight excluding hydrogens is 589 g/mol. The Bertz CT molecular complexity index is 1490. The van der Waals surface area contributed by atoms with Gasteiger partial charge in [-0.2, -0.15) is 0 Å². The summed E-state index contributed by atoms with van der Waals surface area (Å²) in [5.41, 5.74) is 7.64. The molecule has 0 unspecified atom stereocenters. The van der Waals surface area contributed by atoms with Crippen LogP contribution in [-0.4, -0.2) is 64.0 Å². The SMILES string of the molecule is CNCCCN1c2ccccc2CCc2ccccc21.COc1cccc([C@H](O)C2CCN(CCc3ccc(F)cc3)CC2)c1OC. The molecule has 0 amide bonds. The maximum atomic E-state index is 13.0. The van der Waals surface area contributed by atoms with E-state index in [0.717, 1.165) is 82.4 Å². The monoisotopic (exact) mass is 639 g/mol. The van der Waals surface area contributed by atoms with Crippen LogP contribution in [0.5, 0.6) is 11.5 Å². The zero-order valence-corrected chi connectivity index (χ0v) is 28.1. The number of likely N-dealkylation sites (tertiary alicyclic amines) is 1. The van der Waals surface area contributed by atoms with E-state index in [2.05, 4.69) is 63.6 Å². The summed E-state index contributed by atoms with van der Waals surface area (Å²) in [6.45, 7) is 4.98. The smallest absolute Gasteiger partial charge is 0.166 e. The molecule has 1 saturated heterocycles. The fourth-order valence-electron chi connectivity index (χ4n) is 6.85. The van der Waals surface area contributed by atoms with E-state index in [-0.39, 0.29) is 11.7 Å². The molecule has 0 aliphatic carbocycles. The van der Waals surface area contributed by atoms with Crippen molar-refractivity contribution in [3.05, 3.63) is 119 Å². The Kier molecular flexibility index (Phi) is 12.7. The second kappa shape index (κ2) is 17.3. The Labute approximate surface area is 280 Å². The number of aliphatic hydroxyl groups is 1. The van der Waals surface area contributed by atoms with Crippen molar-refractivity contribution in [3.8, 4) is 11.5 Å². The van der Waals surface area contributed by atoms with Gasteiger partial charge < -0.3 is 29.7 Å². The van der Waals surface area contributed by atoms with E-state index in [9.17, 15) is 9.50 Å². The molecule has 1 atom stereocenters. The van der Waals surface area contributed by atoms with Crippen molar-refractivity contribution in [1.82, 2.24) is 10.2 Å². The van der Waals surface area contributed by atoms with Gasteiger partial charge in [0.05, 0.1) is 20.3 Å². The second-order valence-electron chi connectivity index (χ2n) is 12.4. The third-order valence-corrected chi connectivity index (χ3v) is 9.50. The second-order valence-corrected chi connectivity index (χ2v) is 12.4. The van der Waals surface area contributed by atoms with Crippen molar-refractivity contribution in [2.24, 2.45) is 5.92 Å². The first-order chi connectivity index (χ1) is 23.0. The van der Waals surface area contributed by atoms with E-state index in [0.29, 0.717) is 11.5 Å². The van der Waals surface area contributed by atoms with Gasteiger partial charge in [0.2, 0.25) is 0 Å². The van der Waals surface area contributed by atoms with Crippen LogP contribution < -0.4 is 19.7 Å². The van der Waals surface area contributed by atoms with E-state index in [4.69, 9.17) is 9.47 Å². The Morgan fingerprint density at radius 2 is 1.45 bits per heavy atom. The summed E-state index contributed by atoms with van der Waals surface area (Å²) in [4.78, 5) is 4.91. The molecule has 7 heteroatoms. The minimum Gasteiger partial charge on any atom is -0.493 e. The average molecular weight is 640 g/mol. The van der Waals surface area contributed by atoms with E-state index in [1.165, 1.54) is 34.6 Å². The zero-order valence-electron chi connectivity index (χ0n) is 28.1. The largest absolute Gasteiger partial charge is 0.493 e. The summed E-state index contributed by atoms with van der Waals surface area (Å²) >= 11 is 0. The zero-order chi connectivity index (χ0) is 33.0. The Morgan fingerprint density at radius 1 is 0.809 bits per heavy atom. The van der Waals surface area contributed by atoms with Crippen LogP contribution in [0.1, 0.15) is 47.6 Å². The minimum absolute atomic E-state index is 0.193. The molecule has 6 nitrogen and oxygen atoms in total. The lowest BCUT2D eigenvalue weighted by atomic mass is 9.87. The van der Waals surface area contributed by atoms with E-state index >= 15 is 0 Å². The highest BCUT2D eigenvalue weighted by molar-refractivity contribution is 5.71. The maximum Gasteiger partial charge on any atom is 0.166 e. The number of hydrogen-bond acceptors (Lipinski definition) is 6. The van der Waals surface area contributed by atoms with Crippen LogP contribution in [0, 0.1) is 11.7 Å². The van der Waals surface area contributed by atoms with Crippen molar-refractivity contribution in [1.29, 1.82) is 0 Å². The van der Waals surface area contributed by atoms with Crippen LogP contribution in [0.2, 0.25) is 0 Å². The van der Waals surface area contributed by atoms with Crippen LogP contribution in [-0.2, 0) is 19.3 Å². The number of para-hydroxylation sites is 3. The van der Waals surface area contributed by atoms with Crippen molar-refractivity contribution < 1.29 is 19.0 Å². The predicted molar refractivity (Wildman–Crippen MR) is 190 cm³/mol. The molecule has 47 heavy (non-hydrogen) atoms. The highest BCUT2D eigenvalue weighted by Gasteiger charge is 2.29. The maximum absolute atomic E-state index is 13.0. The van der Waals surface area contributed by atoms with Crippen molar-refractivity contribution >= 4 is 11.4 Å². The van der Waals surface area contributed by atoms with Gasteiger partial charge in [-0.05, 0) is 118 Å². The molecular formula is C40H50FN3O3. The summed E-state index contributed by atoms with van der Waals surface area (Å²) in [6.07, 6.45) is 5.65. The summed E-state index contributed by atoms with van der Waals surface area (Å²) in [7, 11) is 5.23. The molecule has 2 aliphatic rings. The fraction of sp³-hybridized carbons (Fsp3) is 0.400. The number of fused-ring (bicyclic) bond motifs is 2. The van der Waals surface area contributed by atoms with E-state index in [1.807, 2.05) is 37.4 Å². The average Bonchev–Trinajstić information content (AvgIpc) is 3.28. The summed E-state index contributed by atoms with van der Waals surface area (Å²) in [5, 5.41) is 14.2. The first-order valence-electron chi connectivity index (χ1n) is 17.0. The summed E-state index contributed by atoms with van der Waals surface area (Å²) in [5.74, 6) is 1.27. The first kappa shape index (κ1) is 34.4. The molecule has 2 aliphatic heterocycles. The number of hydrogen-bond donors (Lipinski definition) is 2. The quantitative estimate of drug-likeness (QED) is 0.167. The van der Waals surface area contributed by atoms with Gasteiger partial charge in [-0.1, -0.05) is 60.7 Å². The predicted octanol–water partition coefficient (Wildman–Crippen LogP) is 7.36. The highest BCUT2D eigenvalue weighted by Crippen LogP contribution is 2.40. The van der Waals surface area contributed by atoms with Gasteiger partial charge in [-0.25, -0.2) is 4.39 Å². The molecule has 250 valence electrons. The van der Waals surface area contributed by atoms with Crippen LogP contribution >= 0.6 is 0 Å². The first-order valence-corrected chi connectivity index (χ1v) is 17.0. The van der Waals surface area contributed by atoms with Crippen LogP contribution in [0.25, 0.3) is 0 Å². The third kappa shape index (κ3) is 8.92. The van der Waals surface area contributed by atoms with Crippen molar-refractivity contribution in [2.45, 2.75) is 44.6 Å². The molecule has 0 saturated carbocycles. The molecule has 2 heterocycles. The summed E-state index contributed by atoms with van der Waals surface area (Å²) < 4.78 is 23.8. The normalized spacial score (nSPS) is 15.5. The van der Waals surface area contributed by atoms with Gasteiger partial charge in [0.1, 0.15) is 5.82 Å². The molecule has 4 aromatic rings. The molecule has 2 N–H and O–H groups in total. The van der Waals surface area contributed by atoms with Gasteiger partial charge >= 0.3 is 0 Å². The van der Waals surface area contributed by atoms with Gasteiger partial charge in [-0.15, -0.1) is 0 Å². The minimum atomic E-state index is -0.561. The van der Waals surface area contributed by atoms with Crippen molar-refractivity contribution in [3.63, 3.8) is 0 Å². The third-order valence-electron chi connectivity index (χ3n) is 9.50.